The van der Waals surface area contributed by atoms with Crippen molar-refractivity contribution in [1.29, 1.82) is 0 Å². The number of aromatic nitrogens is 2. The molecular weight excluding hydrogens is 378 g/mol. The van der Waals surface area contributed by atoms with Gasteiger partial charge in [0.1, 0.15) is 5.65 Å². The molecule has 2 heterocycles. The lowest BCUT2D eigenvalue weighted by molar-refractivity contribution is 0.581. The fraction of sp³-hybridized carbons (Fsp3) is 0.188. The molecule has 0 amide bonds. The normalized spacial score (nSPS) is 11.9. The second-order valence-corrected chi connectivity index (χ2v) is 7.99. The number of hydrogen-bond acceptors (Lipinski definition) is 3. The zero-order valence-corrected chi connectivity index (χ0v) is 14.9. The van der Waals surface area contributed by atoms with E-state index < -0.39 is 10.0 Å². The average molecular weight is 394 g/mol. The van der Waals surface area contributed by atoms with Crippen LogP contribution in [0.2, 0.25) is 0 Å². The monoisotopic (exact) mass is 393 g/mol. The molecule has 3 rings (SSSR count). The maximum atomic E-state index is 12.2. The summed E-state index contributed by atoms with van der Waals surface area (Å²) >= 11 is 3.29. The quantitative estimate of drug-likeness (QED) is 0.724. The smallest absolute Gasteiger partial charge is 0.240 e. The molecule has 3 aromatic rings. The largest absolute Gasteiger partial charge is 0.307 e. The zero-order valence-electron chi connectivity index (χ0n) is 12.5. The van der Waals surface area contributed by atoms with Gasteiger partial charge in [-0.05, 0) is 48.9 Å². The Kier molecular flexibility index (Phi) is 4.52. The van der Waals surface area contributed by atoms with Crippen LogP contribution < -0.4 is 4.72 Å². The fourth-order valence-corrected chi connectivity index (χ4v) is 3.56. The van der Waals surface area contributed by atoms with E-state index in [1.54, 1.807) is 24.3 Å². The summed E-state index contributed by atoms with van der Waals surface area (Å²) in [7, 11) is -3.49. The van der Waals surface area contributed by atoms with Crippen molar-refractivity contribution in [1.82, 2.24) is 14.1 Å². The van der Waals surface area contributed by atoms with Crippen LogP contribution in [0.3, 0.4) is 0 Å². The van der Waals surface area contributed by atoms with Crippen LogP contribution in [0.25, 0.3) is 5.65 Å². The van der Waals surface area contributed by atoms with Crippen LogP contribution in [-0.4, -0.2) is 24.3 Å². The molecule has 0 saturated heterocycles. The predicted molar refractivity (Wildman–Crippen MR) is 93.0 cm³/mol. The molecule has 0 spiro atoms. The van der Waals surface area contributed by atoms with Crippen LogP contribution >= 0.6 is 15.9 Å². The molecule has 0 aliphatic rings. The molecule has 0 unspecified atom stereocenters. The summed E-state index contributed by atoms with van der Waals surface area (Å²) in [5, 5.41) is 0. The van der Waals surface area contributed by atoms with Gasteiger partial charge in [0, 0.05) is 29.8 Å². The minimum absolute atomic E-state index is 0.256. The van der Waals surface area contributed by atoms with Crippen LogP contribution in [0.15, 0.2) is 58.2 Å². The molecule has 0 bridgehead atoms. The molecule has 0 saturated carbocycles. The standard InChI is InChI=1S/C16H16BrN3O2S/c1-12-7-9-20-11-14(19-16(20)10-12)6-8-18-23(21,22)15-4-2-13(17)3-5-15/h2-5,7,9-11,18H,6,8H2,1H3. The summed E-state index contributed by atoms with van der Waals surface area (Å²) in [6.07, 6.45) is 4.41. The first-order valence-corrected chi connectivity index (χ1v) is 9.41. The second kappa shape index (κ2) is 6.43. The summed E-state index contributed by atoms with van der Waals surface area (Å²) < 4.78 is 29.8. The van der Waals surface area contributed by atoms with E-state index in [4.69, 9.17) is 0 Å². The fourth-order valence-electron chi connectivity index (χ4n) is 2.27. The Labute approximate surface area is 143 Å². The van der Waals surface area contributed by atoms with Crippen molar-refractivity contribution >= 4 is 31.6 Å². The van der Waals surface area contributed by atoms with Gasteiger partial charge in [-0.1, -0.05) is 15.9 Å². The van der Waals surface area contributed by atoms with Crippen molar-refractivity contribution in [2.45, 2.75) is 18.2 Å². The molecule has 1 aromatic carbocycles. The molecule has 23 heavy (non-hydrogen) atoms. The summed E-state index contributed by atoms with van der Waals surface area (Å²) in [4.78, 5) is 4.76. The van der Waals surface area contributed by atoms with E-state index in [1.165, 1.54) is 0 Å². The van der Waals surface area contributed by atoms with Crippen LogP contribution in [-0.2, 0) is 16.4 Å². The number of fused-ring (bicyclic) bond motifs is 1. The topological polar surface area (TPSA) is 63.5 Å². The van der Waals surface area contributed by atoms with E-state index in [0.717, 1.165) is 21.4 Å². The maximum absolute atomic E-state index is 12.2. The summed E-state index contributed by atoms with van der Waals surface area (Å²) in [5.74, 6) is 0. The Morgan fingerprint density at radius 1 is 1.22 bits per heavy atom. The molecule has 7 heteroatoms. The first kappa shape index (κ1) is 16.2. The number of hydrogen-bond donors (Lipinski definition) is 1. The van der Waals surface area contributed by atoms with E-state index in [0.29, 0.717) is 13.0 Å². The lowest BCUT2D eigenvalue weighted by atomic mass is 10.3. The van der Waals surface area contributed by atoms with E-state index in [1.807, 2.05) is 35.9 Å². The number of aryl methyl sites for hydroxylation is 1. The van der Waals surface area contributed by atoms with Gasteiger partial charge in [-0.2, -0.15) is 0 Å². The van der Waals surface area contributed by atoms with Crippen molar-refractivity contribution in [3.8, 4) is 0 Å². The first-order valence-electron chi connectivity index (χ1n) is 7.13. The third-order valence-electron chi connectivity index (χ3n) is 3.46. The van der Waals surface area contributed by atoms with E-state index in [2.05, 4.69) is 25.6 Å². The predicted octanol–water partition coefficient (Wildman–Crippen LogP) is 2.93. The van der Waals surface area contributed by atoms with Crippen molar-refractivity contribution in [3.63, 3.8) is 0 Å². The van der Waals surface area contributed by atoms with E-state index >= 15 is 0 Å². The summed E-state index contributed by atoms with van der Waals surface area (Å²) in [5.41, 5.74) is 2.87. The average Bonchev–Trinajstić information content (AvgIpc) is 2.89. The van der Waals surface area contributed by atoms with Crippen molar-refractivity contribution in [2.24, 2.45) is 0 Å². The molecule has 0 aliphatic carbocycles. The first-order chi connectivity index (χ1) is 10.9. The number of rotatable bonds is 5. The van der Waals surface area contributed by atoms with Gasteiger partial charge in [-0.15, -0.1) is 0 Å². The number of benzene rings is 1. The van der Waals surface area contributed by atoms with Gasteiger partial charge in [0.2, 0.25) is 10.0 Å². The minimum atomic E-state index is -3.49. The molecule has 5 nitrogen and oxygen atoms in total. The summed E-state index contributed by atoms with van der Waals surface area (Å²) in [6.45, 7) is 2.32. The van der Waals surface area contributed by atoms with Gasteiger partial charge in [-0.3, -0.25) is 0 Å². The van der Waals surface area contributed by atoms with Gasteiger partial charge in [0.05, 0.1) is 10.6 Å². The molecule has 0 fully saturated rings. The Morgan fingerprint density at radius 2 is 1.96 bits per heavy atom. The number of pyridine rings is 1. The Bertz CT molecular complexity index is 934. The van der Waals surface area contributed by atoms with Gasteiger partial charge in [-0.25, -0.2) is 18.1 Å². The molecule has 120 valence electrons. The molecule has 0 atom stereocenters. The van der Waals surface area contributed by atoms with Gasteiger partial charge < -0.3 is 4.40 Å². The van der Waals surface area contributed by atoms with E-state index in [9.17, 15) is 8.42 Å². The van der Waals surface area contributed by atoms with Gasteiger partial charge in [0.25, 0.3) is 0 Å². The van der Waals surface area contributed by atoms with Crippen LogP contribution in [0, 0.1) is 6.92 Å². The molecular formula is C16H16BrN3O2S. The minimum Gasteiger partial charge on any atom is -0.307 e. The lowest BCUT2D eigenvalue weighted by Crippen LogP contribution is -2.26. The van der Waals surface area contributed by atoms with Crippen molar-refractivity contribution < 1.29 is 8.42 Å². The molecule has 2 aromatic heterocycles. The highest BCUT2D eigenvalue weighted by Gasteiger charge is 2.13. The number of nitrogens with zero attached hydrogens (tertiary/aromatic N) is 2. The Morgan fingerprint density at radius 3 is 2.70 bits per heavy atom. The van der Waals surface area contributed by atoms with Gasteiger partial charge >= 0.3 is 0 Å². The highest BCUT2D eigenvalue weighted by molar-refractivity contribution is 9.10. The number of nitrogens with one attached hydrogen (secondary N) is 1. The zero-order chi connectivity index (χ0) is 16.4. The highest BCUT2D eigenvalue weighted by atomic mass is 79.9. The van der Waals surface area contributed by atoms with Crippen LogP contribution in [0.4, 0.5) is 0 Å². The SMILES string of the molecule is Cc1ccn2cc(CCNS(=O)(=O)c3ccc(Br)cc3)nc2c1. The lowest BCUT2D eigenvalue weighted by Gasteiger charge is -2.05. The second-order valence-electron chi connectivity index (χ2n) is 5.30. The molecule has 0 aliphatic heterocycles. The van der Waals surface area contributed by atoms with E-state index in [-0.39, 0.29) is 4.90 Å². The number of halogens is 1. The number of sulfonamides is 1. The Hall–Kier alpha value is -1.70. The molecule has 0 radical (unpaired) electrons. The number of imidazole rings is 1. The van der Waals surface area contributed by atoms with Crippen LogP contribution in [0.1, 0.15) is 11.3 Å². The van der Waals surface area contributed by atoms with Crippen molar-refractivity contribution in [3.05, 3.63) is 64.5 Å². The summed E-state index contributed by atoms with van der Waals surface area (Å²) in [6, 6.07) is 10.6. The Balaban J connectivity index is 1.66. The van der Waals surface area contributed by atoms with Gasteiger partial charge in [0.15, 0.2) is 0 Å². The van der Waals surface area contributed by atoms with Crippen LogP contribution in [0.5, 0.6) is 0 Å². The third kappa shape index (κ3) is 3.80. The van der Waals surface area contributed by atoms with Crippen molar-refractivity contribution in [2.75, 3.05) is 6.54 Å². The maximum Gasteiger partial charge on any atom is 0.240 e. The molecule has 1 N–H and O–H groups in total. The third-order valence-corrected chi connectivity index (χ3v) is 5.47. The highest BCUT2D eigenvalue weighted by Crippen LogP contribution is 2.14.